The highest BCUT2D eigenvalue weighted by Crippen LogP contribution is 2.28. The summed E-state index contributed by atoms with van der Waals surface area (Å²) in [5.74, 6) is -1.20. The number of benzene rings is 2. The molecule has 2 aromatic rings. The van der Waals surface area contributed by atoms with E-state index >= 15 is 0 Å². The van der Waals surface area contributed by atoms with Crippen molar-refractivity contribution in [1.82, 2.24) is 15.1 Å². The molecule has 4 rings (SSSR count). The maximum atomic E-state index is 13.3. The Morgan fingerprint density at radius 2 is 1.97 bits per heavy atom. The number of alkyl halides is 3. The lowest BCUT2D eigenvalue weighted by Crippen LogP contribution is -2.50. The summed E-state index contributed by atoms with van der Waals surface area (Å²) in [7, 11) is -1.78. The molecule has 9 nitrogen and oxygen atoms in total. The van der Waals surface area contributed by atoms with Gasteiger partial charge in [-0.3, -0.25) is 19.2 Å². The minimum absolute atomic E-state index is 0.0122. The molecule has 2 atom stereocenters. The summed E-state index contributed by atoms with van der Waals surface area (Å²) in [5.41, 5.74) is 2.44. The number of halogens is 3. The topological polar surface area (TPSA) is 119 Å². The number of rotatable bonds is 8. The number of hydrogen-bond donors (Lipinski definition) is 3. The number of aliphatic hydroxyl groups is 1. The third-order valence-electron chi connectivity index (χ3n) is 6.65. The van der Waals surface area contributed by atoms with E-state index in [-0.39, 0.29) is 30.1 Å². The first-order chi connectivity index (χ1) is 17.8. The van der Waals surface area contributed by atoms with Crippen molar-refractivity contribution in [3.63, 3.8) is 0 Å². The highest BCUT2D eigenvalue weighted by molar-refractivity contribution is 7.92. The fraction of sp³-hybridized carbons (Fsp3) is 0.440. The average Bonchev–Trinajstić information content (AvgIpc) is 3.40. The van der Waals surface area contributed by atoms with Crippen LogP contribution in [0.3, 0.4) is 0 Å². The molecule has 0 bridgehead atoms. The zero-order valence-corrected chi connectivity index (χ0v) is 21.5. The van der Waals surface area contributed by atoms with Crippen LogP contribution < -0.4 is 10.0 Å². The fourth-order valence-electron chi connectivity index (χ4n) is 4.71. The zero-order valence-electron chi connectivity index (χ0n) is 20.7. The van der Waals surface area contributed by atoms with Gasteiger partial charge >= 0.3 is 6.18 Å². The quantitative estimate of drug-likeness (QED) is 0.459. The number of anilines is 1. The summed E-state index contributed by atoms with van der Waals surface area (Å²) in [5, 5.41) is 12.0. The number of carbonyl (C=O) groups is 2. The second-order valence-electron chi connectivity index (χ2n) is 9.65. The minimum atomic E-state index is -4.53. The predicted octanol–water partition coefficient (Wildman–Crippen LogP) is 1.87. The van der Waals surface area contributed by atoms with Crippen molar-refractivity contribution in [1.29, 1.82) is 0 Å². The Morgan fingerprint density at radius 1 is 1.21 bits per heavy atom. The smallest absolute Gasteiger partial charge is 0.392 e. The van der Waals surface area contributed by atoms with Gasteiger partial charge in [0.25, 0.3) is 5.91 Å². The molecule has 2 aromatic carbocycles. The average molecular weight is 555 g/mol. The molecule has 0 aliphatic carbocycles. The number of likely N-dealkylation sites (tertiary alicyclic amines) is 1. The normalized spacial score (nSPS) is 19.4. The van der Waals surface area contributed by atoms with E-state index in [0.29, 0.717) is 41.9 Å². The van der Waals surface area contributed by atoms with Gasteiger partial charge in [0, 0.05) is 32.1 Å². The van der Waals surface area contributed by atoms with Crippen LogP contribution in [0.4, 0.5) is 18.9 Å². The Labute approximate surface area is 218 Å². The van der Waals surface area contributed by atoms with Gasteiger partial charge in [0.15, 0.2) is 0 Å². The van der Waals surface area contributed by atoms with Gasteiger partial charge in [-0.2, -0.15) is 13.2 Å². The van der Waals surface area contributed by atoms with Crippen molar-refractivity contribution in [2.45, 2.75) is 43.5 Å². The Hall–Kier alpha value is -3.16. The van der Waals surface area contributed by atoms with E-state index in [2.05, 4.69) is 4.72 Å². The molecule has 2 aliphatic rings. The van der Waals surface area contributed by atoms with E-state index in [1.165, 1.54) is 12.1 Å². The standard InChI is InChI=1S/C25H29F3N4O5S/c1-31(23(34)12-17-5-6-19-14-38(36,37)30-21(19)10-17)22(32-8-7-20(33)13-32)11-16-3-2-4-18(9-16)24(35)29-15-25(26,27)28/h2-6,9-10,20,22,30,33H,7-8,11-15H2,1H3,(H,29,35)/t20-,22+/m0/s1. The molecule has 0 spiro atoms. The molecule has 0 radical (unpaired) electrons. The van der Waals surface area contributed by atoms with Crippen molar-refractivity contribution < 1.29 is 36.3 Å². The summed E-state index contributed by atoms with van der Waals surface area (Å²) in [6, 6.07) is 11.2. The molecule has 0 aromatic heterocycles. The number of nitrogens with one attached hydrogen (secondary N) is 2. The first-order valence-electron chi connectivity index (χ1n) is 12.0. The van der Waals surface area contributed by atoms with Gasteiger partial charge in [0.1, 0.15) is 6.54 Å². The minimum Gasteiger partial charge on any atom is -0.392 e. The SMILES string of the molecule is CN(C(=O)Cc1ccc2c(c1)NS(=O)(=O)C2)[C@@H](Cc1cccc(C(=O)NCC(F)(F)F)c1)N1CC[C@H](O)C1. The summed E-state index contributed by atoms with van der Waals surface area (Å²) < 4.78 is 63.6. The Bertz CT molecular complexity index is 1320. The summed E-state index contributed by atoms with van der Waals surface area (Å²) >= 11 is 0. The van der Waals surface area contributed by atoms with Gasteiger partial charge in [-0.1, -0.05) is 24.3 Å². The number of likely N-dealkylation sites (N-methyl/N-ethyl adjacent to an activating group) is 1. The maximum absolute atomic E-state index is 13.3. The van der Waals surface area contributed by atoms with Gasteiger partial charge in [-0.05, 0) is 41.3 Å². The predicted molar refractivity (Wildman–Crippen MR) is 134 cm³/mol. The zero-order chi connectivity index (χ0) is 27.7. The largest absolute Gasteiger partial charge is 0.405 e. The van der Waals surface area contributed by atoms with E-state index in [1.54, 1.807) is 42.3 Å². The molecule has 206 valence electrons. The van der Waals surface area contributed by atoms with E-state index < -0.39 is 40.9 Å². The second kappa shape index (κ2) is 10.9. The highest BCUT2D eigenvalue weighted by Gasteiger charge is 2.33. The summed E-state index contributed by atoms with van der Waals surface area (Å²) in [6.45, 7) is -0.559. The molecular formula is C25H29F3N4O5S. The molecule has 0 unspecified atom stereocenters. The lowest BCUT2D eigenvalue weighted by Gasteiger charge is -2.36. The van der Waals surface area contributed by atoms with Crippen LogP contribution in [-0.4, -0.2) is 80.3 Å². The second-order valence-corrected chi connectivity index (χ2v) is 11.4. The lowest BCUT2D eigenvalue weighted by atomic mass is 10.0. The molecule has 0 saturated carbocycles. The van der Waals surface area contributed by atoms with Gasteiger partial charge in [-0.15, -0.1) is 0 Å². The Morgan fingerprint density at radius 3 is 2.66 bits per heavy atom. The molecule has 1 fully saturated rings. The lowest BCUT2D eigenvalue weighted by molar-refractivity contribution is -0.134. The first-order valence-corrected chi connectivity index (χ1v) is 13.7. The molecule has 2 aliphatic heterocycles. The van der Waals surface area contributed by atoms with Gasteiger partial charge in [-0.25, -0.2) is 8.42 Å². The van der Waals surface area contributed by atoms with Crippen LogP contribution in [0.1, 0.15) is 33.5 Å². The number of amides is 2. The van der Waals surface area contributed by atoms with E-state index in [9.17, 15) is 36.3 Å². The Balaban J connectivity index is 1.49. The van der Waals surface area contributed by atoms with Crippen molar-refractivity contribution in [2.75, 3.05) is 31.4 Å². The number of nitrogens with zero attached hydrogens (tertiary/aromatic N) is 2. The third-order valence-corrected chi connectivity index (χ3v) is 7.88. The number of β-amino-alcohol motifs (C(OH)–C–C–N with tert-alkyl or cyclic N) is 1. The molecule has 2 amide bonds. The molecular weight excluding hydrogens is 525 g/mol. The third kappa shape index (κ3) is 7.03. The van der Waals surface area contributed by atoms with Crippen LogP contribution in [0, 0.1) is 0 Å². The van der Waals surface area contributed by atoms with Crippen LogP contribution in [0.5, 0.6) is 0 Å². The van der Waals surface area contributed by atoms with Gasteiger partial charge in [0.05, 0.1) is 30.1 Å². The fourth-order valence-corrected chi connectivity index (χ4v) is 5.97. The summed E-state index contributed by atoms with van der Waals surface area (Å²) in [4.78, 5) is 29.0. The van der Waals surface area contributed by atoms with Crippen molar-refractivity contribution >= 4 is 27.5 Å². The molecule has 2 heterocycles. The van der Waals surface area contributed by atoms with E-state index in [0.717, 1.165) is 0 Å². The molecule has 1 saturated heterocycles. The van der Waals surface area contributed by atoms with Crippen LogP contribution in [0.25, 0.3) is 0 Å². The van der Waals surface area contributed by atoms with Crippen LogP contribution in [0.15, 0.2) is 42.5 Å². The van der Waals surface area contributed by atoms with E-state index in [1.807, 2.05) is 10.2 Å². The number of aliphatic hydroxyl groups excluding tert-OH is 1. The number of sulfonamides is 1. The van der Waals surface area contributed by atoms with Gasteiger partial charge < -0.3 is 15.3 Å². The van der Waals surface area contributed by atoms with E-state index in [4.69, 9.17) is 0 Å². The van der Waals surface area contributed by atoms with Crippen LogP contribution in [-0.2, 0) is 33.4 Å². The molecule has 13 heteroatoms. The summed E-state index contributed by atoms with van der Waals surface area (Å²) in [6.07, 6.45) is -4.74. The number of hydrogen-bond acceptors (Lipinski definition) is 6. The maximum Gasteiger partial charge on any atom is 0.405 e. The van der Waals surface area contributed by atoms with Crippen LogP contribution in [0.2, 0.25) is 0 Å². The van der Waals surface area contributed by atoms with Crippen molar-refractivity contribution in [3.05, 3.63) is 64.7 Å². The highest BCUT2D eigenvalue weighted by atomic mass is 32.2. The van der Waals surface area contributed by atoms with Crippen molar-refractivity contribution in [3.8, 4) is 0 Å². The first kappa shape index (κ1) is 27.9. The Kier molecular flexibility index (Phi) is 8.00. The van der Waals surface area contributed by atoms with Crippen molar-refractivity contribution in [2.24, 2.45) is 0 Å². The monoisotopic (exact) mass is 554 g/mol. The molecule has 3 N–H and O–H groups in total. The number of carbonyl (C=O) groups excluding carboxylic acids is 2. The number of fused-ring (bicyclic) bond motifs is 1. The molecule has 38 heavy (non-hydrogen) atoms. The van der Waals surface area contributed by atoms with Crippen LogP contribution >= 0.6 is 0 Å². The van der Waals surface area contributed by atoms with Gasteiger partial charge in [0.2, 0.25) is 15.9 Å².